The fraction of sp³-hybridized carbons (Fsp3) is 0.579. The molecule has 1 aliphatic rings. The molecular formula is C19H27NO4. The number of esters is 1. The maximum atomic E-state index is 13.0. The van der Waals surface area contributed by atoms with Gasteiger partial charge in [-0.05, 0) is 37.1 Å². The summed E-state index contributed by atoms with van der Waals surface area (Å²) in [4.78, 5) is 26.7. The summed E-state index contributed by atoms with van der Waals surface area (Å²) in [5.74, 6) is 0.0801. The van der Waals surface area contributed by atoms with E-state index in [0.29, 0.717) is 12.1 Å². The van der Waals surface area contributed by atoms with E-state index in [2.05, 4.69) is 0 Å². The van der Waals surface area contributed by atoms with Gasteiger partial charge >= 0.3 is 5.97 Å². The Morgan fingerprint density at radius 2 is 1.75 bits per heavy atom. The first kappa shape index (κ1) is 18.3. The molecule has 5 heteroatoms. The van der Waals surface area contributed by atoms with Gasteiger partial charge in [-0.3, -0.25) is 9.59 Å². The fourth-order valence-corrected chi connectivity index (χ4v) is 3.26. The average molecular weight is 333 g/mol. The number of amides is 1. The summed E-state index contributed by atoms with van der Waals surface area (Å²) in [6.07, 6.45) is 5.46. The monoisotopic (exact) mass is 333 g/mol. The van der Waals surface area contributed by atoms with E-state index < -0.39 is 0 Å². The van der Waals surface area contributed by atoms with Crippen LogP contribution in [0.2, 0.25) is 0 Å². The highest BCUT2D eigenvalue weighted by Crippen LogP contribution is 2.25. The summed E-state index contributed by atoms with van der Waals surface area (Å²) in [6, 6.07) is 7.33. The van der Waals surface area contributed by atoms with Crippen molar-refractivity contribution in [1.82, 2.24) is 4.90 Å². The highest BCUT2D eigenvalue weighted by atomic mass is 16.5. The van der Waals surface area contributed by atoms with Crippen LogP contribution in [0.25, 0.3) is 0 Å². The Balaban J connectivity index is 2.19. The van der Waals surface area contributed by atoms with Gasteiger partial charge in [-0.2, -0.15) is 0 Å². The summed E-state index contributed by atoms with van der Waals surface area (Å²) in [5, 5.41) is 0. The lowest BCUT2D eigenvalue weighted by Gasteiger charge is -2.35. The molecule has 24 heavy (non-hydrogen) atoms. The summed E-state index contributed by atoms with van der Waals surface area (Å²) < 4.78 is 9.97. The van der Waals surface area contributed by atoms with Crippen molar-refractivity contribution in [2.75, 3.05) is 20.8 Å². The number of hydrogen-bond acceptors (Lipinski definition) is 4. The number of ether oxygens (including phenoxy) is 2. The lowest BCUT2D eigenvalue weighted by Crippen LogP contribution is -2.45. The standard InChI is InChI=1S/C19H27NO4/c1-14(19(22)24-3)13-20(16-7-5-4-6-8-16)18(21)15-9-11-17(23-2)12-10-15/h9-12,14,16H,4-8,13H2,1-3H3. The maximum Gasteiger partial charge on any atom is 0.310 e. The van der Waals surface area contributed by atoms with E-state index in [1.54, 1.807) is 31.4 Å². The molecule has 1 aliphatic carbocycles. The molecule has 132 valence electrons. The molecule has 1 atom stereocenters. The maximum absolute atomic E-state index is 13.0. The van der Waals surface area contributed by atoms with Crippen LogP contribution in [0, 0.1) is 5.92 Å². The number of hydrogen-bond donors (Lipinski definition) is 0. The van der Waals surface area contributed by atoms with E-state index >= 15 is 0 Å². The zero-order valence-electron chi connectivity index (χ0n) is 14.8. The van der Waals surface area contributed by atoms with Crippen molar-refractivity contribution in [3.05, 3.63) is 29.8 Å². The number of carbonyl (C=O) groups is 2. The van der Waals surface area contributed by atoms with Crippen molar-refractivity contribution in [2.24, 2.45) is 5.92 Å². The average Bonchev–Trinajstić information content (AvgIpc) is 2.65. The van der Waals surface area contributed by atoms with Crippen molar-refractivity contribution in [1.29, 1.82) is 0 Å². The molecule has 1 amide bonds. The first-order chi connectivity index (χ1) is 11.6. The summed E-state index contributed by atoms with van der Waals surface area (Å²) >= 11 is 0. The van der Waals surface area contributed by atoms with Gasteiger partial charge in [0.1, 0.15) is 5.75 Å². The van der Waals surface area contributed by atoms with Crippen LogP contribution in [0.1, 0.15) is 49.4 Å². The van der Waals surface area contributed by atoms with Gasteiger partial charge < -0.3 is 14.4 Å². The van der Waals surface area contributed by atoms with Crippen LogP contribution in [0.3, 0.4) is 0 Å². The first-order valence-electron chi connectivity index (χ1n) is 8.59. The number of benzene rings is 1. The molecule has 0 N–H and O–H groups in total. The van der Waals surface area contributed by atoms with Crippen molar-refractivity contribution >= 4 is 11.9 Å². The van der Waals surface area contributed by atoms with Gasteiger partial charge in [0.15, 0.2) is 0 Å². The third kappa shape index (κ3) is 4.49. The van der Waals surface area contributed by atoms with E-state index in [0.717, 1.165) is 31.4 Å². The molecular weight excluding hydrogens is 306 g/mol. The second-order valence-corrected chi connectivity index (χ2v) is 6.40. The Kier molecular flexibility index (Phi) is 6.64. The van der Waals surface area contributed by atoms with Crippen LogP contribution < -0.4 is 4.74 Å². The Morgan fingerprint density at radius 3 is 2.29 bits per heavy atom. The van der Waals surface area contributed by atoms with Crippen LogP contribution in [0.4, 0.5) is 0 Å². The zero-order valence-corrected chi connectivity index (χ0v) is 14.8. The molecule has 0 spiro atoms. The molecule has 0 aliphatic heterocycles. The minimum Gasteiger partial charge on any atom is -0.497 e. The van der Waals surface area contributed by atoms with E-state index in [9.17, 15) is 9.59 Å². The predicted molar refractivity (Wildman–Crippen MR) is 92.1 cm³/mol. The molecule has 1 saturated carbocycles. The zero-order chi connectivity index (χ0) is 17.5. The smallest absolute Gasteiger partial charge is 0.310 e. The fourth-order valence-electron chi connectivity index (χ4n) is 3.26. The van der Waals surface area contributed by atoms with Gasteiger partial charge in [0.2, 0.25) is 0 Å². The molecule has 1 unspecified atom stereocenters. The Labute approximate surface area is 143 Å². The molecule has 1 fully saturated rings. The minimum atomic E-state index is -0.334. The van der Waals surface area contributed by atoms with Crippen LogP contribution >= 0.6 is 0 Å². The van der Waals surface area contributed by atoms with Gasteiger partial charge in [-0.15, -0.1) is 0 Å². The second-order valence-electron chi connectivity index (χ2n) is 6.40. The lowest BCUT2D eigenvalue weighted by atomic mass is 9.93. The number of rotatable bonds is 6. The van der Waals surface area contributed by atoms with Gasteiger partial charge in [-0.1, -0.05) is 26.2 Å². The van der Waals surface area contributed by atoms with Crippen molar-refractivity contribution in [3.8, 4) is 5.75 Å². The van der Waals surface area contributed by atoms with E-state index in [4.69, 9.17) is 9.47 Å². The predicted octanol–water partition coefficient (Wildman–Crippen LogP) is 3.28. The molecule has 2 rings (SSSR count). The Hall–Kier alpha value is -2.04. The Bertz CT molecular complexity index is 549. The van der Waals surface area contributed by atoms with Crippen molar-refractivity contribution < 1.29 is 19.1 Å². The normalized spacial score (nSPS) is 16.3. The lowest BCUT2D eigenvalue weighted by molar-refractivity contribution is -0.145. The molecule has 0 radical (unpaired) electrons. The largest absolute Gasteiger partial charge is 0.497 e. The SMILES string of the molecule is COC(=O)C(C)CN(C(=O)c1ccc(OC)cc1)C1CCCCC1. The molecule has 0 aromatic heterocycles. The topological polar surface area (TPSA) is 55.8 Å². The number of methoxy groups -OCH3 is 2. The summed E-state index contributed by atoms with van der Waals surface area (Å²) in [6.45, 7) is 2.20. The van der Waals surface area contributed by atoms with Crippen LogP contribution in [-0.4, -0.2) is 43.6 Å². The Morgan fingerprint density at radius 1 is 1.12 bits per heavy atom. The molecule has 5 nitrogen and oxygen atoms in total. The molecule has 1 aromatic rings. The molecule has 0 saturated heterocycles. The van der Waals surface area contributed by atoms with Gasteiger partial charge in [0.05, 0.1) is 20.1 Å². The molecule has 0 bridgehead atoms. The van der Waals surface area contributed by atoms with Gasteiger partial charge in [0, 0.05) is 18.2 Å². The summed E-state index contributed by atoms with van der Waals surface area (Å²) in [7, 11) is 2.98. The van der Waals surface area contributed by atoms with E-state index in [1.165, 1.54) is 13.5 Å². The van der Waals surface area contributed by atoms with Crippen LogP contribution in [-0.2, 0) is 9.53 Å². The third-order valence-corrected chi connectivity index (χ3v) is 4.69. The molecule has 0 heterocycles. The van der Waals surface area contributed by atoms with Gasteiger partial charge in [-0.25, -0.2) is 0 Å². The van der Waals surface area contributed by atoms with Crippen LogP contribution in [0.15, 0.2) is 24.3 Å². The molecule has 1 aromatic carbocycles. The summed E-state index contributed by atoms with van der Waals surface area (Å²) in [5.41, 5.74) is 0.624. The highest BCUT2D eigenvalue weighted by Gasteiger charge is 2.29. The first-order valence-corrected chi connectivity index (χ1v) is 8.59. The number of nitrogens with zero attached hydrogens (tertiary/aromatic N) is 1. The quantitative estimate of drug-likeness (QED) is 0.750. The van der Waals surface area contributed by atoms with Crippen molar-refractivity contribution in [2.45, 2.75) is 45.1 Å². The van der Waals surface area contributed by atoms with Crippen molar-refractivity contribution in [3.63, 3.8) is 0 Å². The minimum absolute atomic E-state index is 0.0275. The highest BCUT2D eigenvalue weighted by molar-refractivity contribution is 5.94. The van der Waals surface area contributed by atoms with Crippen LogP contribution in [0.5, 0.6) is 5.75 Å². The van der Waals surface area contributed by atoms with E-state index in [-0.39, 0.29) is 23.8 Å². The number of carbonyl (C=O) groups excluding carboxylic acids is 2. The third-order valence-electron chi connectivity index (χ3n) is 4.69. The van der Waals surface area contributed by atoms with Gasteiger partial charge in [0.25, 0.3) is 5.91 Å². The van der Waals surface area contributed by atoms with E-state index in [1.807, 2.05) is 11.8 Å². The second kappa shape index (κ2) is 8.71.